The zero-order chi connectivity index (χ0) is 17.1. The maximum atomic E-state index is 11.0. The Morgan fingerprint density at radius 1 is 1.33 bits per heavy atom. The van der Waals surface area contributed by atoms with Crippen LogP contribution in [0.5, 0.6) is 0 Å². The number of aromatic nitrogens is 3. The van der Waals surface area contributed by atoms with Crippen LogP contribution in [0, 0.1) is 13.8 Å². The summed E-state index contributed by atoms with van der Waals surface area (Å²) >= 11 is 2.98. The summed E-state index contributed by atoms with van der Waals surface area (Å²) in [5, 5.41) is 4.02. The molecular formula is C16H16N4O2S2. The van der Waals surface area contributed by atoms with Gasteiger partial charge in [0.1, 0.15) is 0 Å². The van der Waals surface area contributed by atoms with Gasteiger partial charge in [0.15, 0.2) is 4.34 Å². The first-order valence-corrected chi connectivity index (χ1v) is 9.08. The van der Waals surface area contributed by atoms with Gasteiger partial charge in [0.05, 0.1) is 17.9 Å². The van der Waals surface area contributed by atoms with Crippen molar-refractivity contribution in [3.8, 4) is 11.4 Å². The molecule has 0 aliphatic heterocycles. The lowest BCUT2D eigenvalue weighted by molar-refractivity contribution is -0.117. The number of aryl methyl sites for hydroxylation is 2. The molecular weight excluding hydrogens is 344 g/mol. The van der Waals surface area contributed by atoms with E-state index in [2.05, 4.69) is 15.1 Å². The van der Waals surface area contributed by atoms with Gasteiger partial charge in [-0.05, 0) is 19.9 Å². The standard InChI is InChI=1S/C16H16N4O2S2/c1-9-4-3-5-11(6-9)15-19-14(22-20-15)8-23-16-18-10(2)12(24-16)7-13(17)21/h3-6H,7-8H2,1-2H3,(H2,17,21). The second-order valence-corrected chi connectivity index (χ2v) is 7.61. The highest BCUT2D eigenvalue weighted by molar-refractivity contribution is 8.00. The van der Waals surface area contributed by atoms with Crippen LogP contribution in [0.15, 0.2) is 33.1 Å². The van der Waals surface area contributed by atoms with Crippen LogP contribution in [-0.2, 0) is 17.0 Å². The van der Waals surface area contributed by atoms with E-state index in [0.717, 1.165) is 26.0 Å². The summed E-state index contributed by atoms with van der Waals surface area (Å²) in [6.07, 6.45) is 0.224. The van der Waals surface area contributed by atoms with Crippen LogP contribution < -0.4 is 5.73 Å². The van der Waals surface area contributed by atoms with Crippen LogP contribution in [0.1, 0.15) is 22.0 Å². The van der Waals surface area contributed by atoms with Crippen molar-refractivity contribution in [2.45, 2.75) is 30.4 Å². The molecule has 24 heavy (non-hydrogen) atoms. The first kappa shape index (κ1) is 16.7. The lowest BCUT2D eigenvalue weighted by atomic mass is 10.1. The summed E-state index contributed by atoms with van der Waals surface area (Å²) in [5.74, 6) is 1.31. The minimum atomic E-state index is -0.349. The second kappa shape index (κ2) is 7.14. The van der Waals surface area contributed by atoms with E-state index in [1.165, 1.54) is 23.1 Å². The number of amides is 1. The molecule has 0 aliphatic carbocycles. The van der Waals surface area contributed by atoms with Crippen molar-refractivity contribution in [1.29, 1.82) is 0 Å². The molecule has 124 valence electrons. The SMILES string of the molecule is Cc1cccc(-c2noc(CSc3nc(C)c(CC(N)=O)s3)n2)c1. The number of nitrogens with zero attached hydrogens (tertiary/aromatic N) is 3. The Hall–Kier alpha value is -2.19. The highest BCUT2D eigenvalue weighted by Crippen LogP contribution is 2.30. The van der Waals surface area contributed by atoms with Crippen LogP contribution in [0.2, 0.25) is 0 Å². The van der Waals surface area contributed by atoms with Crippen molar-refractivity contribution >= 4 is 29.0 Å². The fourth-order valence-electron chi connectivity index (χ4n) is 2.12. The lowest BCUT2D eigenvalue weighted by Crippen LogP contribution is -2.13. The summed E-state index contributed by atoms with van der Waals surface area (Å²) < 4.78 is 6.16. The van der Waals surface area contributed by atoms with Gasteiger partial charge in [0.25, 0.3) is 0 Å². The van der Waals surface area contributed by atoms with Gasteiger partial charge in [-0.1, -0.05) is 40.7 Å². The highest BCUT2D eigenvalue weighted by Gasteiger charge is 2.13. The molecule has 6 nitrogen and oxygen atoms in total. The summed E-state index contributed by atoms with van der Waals surface area (Å²) in [6, 6.07) is 7.96. The Bertz CT molecular complexity index is 873. The van der Waals surface area contributed by atoms with Gasteiger partial charge < -0.3 is 10.3 Å². The molecule has 0 unspecified atom stereocenters. The molecule has 0 saturated carbocycles. The van der Waals surface area contributed by atoms with Crippen molar-refractivity contribution in [1.82, 2.24) is 15.1 Å². The van der Waals surface area contributed by atoms with Gasteiger partial charge in [-0.2, -0.15) is 4.98 Å². The third-order valence-electron chi connectivity index (χ3n) is 3.27. The number of carbonyl (C=O) groups excluding carboxylic acids is 1. The minimum Gasteiger partial charge on any atom is -0.369 e. The van der Waals surface area contributed by atoms with Gasteiger partial charge in [0, 0.05) is 10.4 Å². The largest absolute Gasteiger partial charge is 0.369 e. The van der Waals surface area contributed by atoms with Crippen molar-refractivity contribution in [3.63, 3.8) is 0 Å². The summed E-state index contributed by atoms with van der Waals surface area (Å²) in [7, 11) is 0. The predicted octanol–water partition coefficient (Wildman–Crippen LogP) is 3.13. The predicted molar refractivity (Wildman–Crippen MR) is 93.8 cm³/mol. The zero-order valence-corrected chi connectivity index (χ0v) is 14.9. The maximum Gasteiger partial charge on any atom is 0.237 e. The Kier molecular flexibility index (Phi) is 4.96. The molecule has 0 atom stereocenters. The third kappa shape index (κ3) is 4.01. The summed E-state index contributed by atoms with van der Waals surface area (Å²) in [5.41, 5.74) is 8.16. The normalized spacial score (nSPS) is 10.9. The number of benzene rings is 1. The van der Waals surface area contributed by atoms with E-state index >= 15 is 0 Å². The lowest BCUT2D eigenvalue weighted by Gasteiger charge is -1.95. The van der Waals surface area contributed by atoms with Gasteiger partial charge in [0.2, 0.25) is 17.6 Å². The second-order valence-electron chi connectivity index (χ2n) is 5.30. The van der Waals surface area contributed by atoms with Crippen molar-refractivity contribution < 1.29 is 9.32 Å². The molecule has 0 bridgehead atoms. The Morgan fingerprint density at radius 2 is 2.17 bits per heavy atom. The fourth-order valence-corrected chi connectivity index (χ4v) is 4.20. The number of thiazole rings is 1. The topological polar surface area (TPSA) is 94.9 Å². The smallest absolute Gasteiger partial charge is 0.237 e. The maximum absolute atomic E-state index is 11.0. The van der Waals surface area contributed by atoms with Crippen LogP contribution in [0.4, 0.5) is 0 Å². The van der Waals surface area contributed by atoms with Crippen molar-refractivity contribution in [2.75, 3.05) is 0 Å². The average Bonchev–Trinajstić information content (AvgIpc) is 3.12. The van der Waals surface area contributed by atoms with E-state index in [1.54, 1.807) is 0 Å². The third-order valence-corrected chi connectivity index (χ3v) is 5.56. The molecule has 2 N–H and O–H groups in total. The Labute approximate surface area is 147 Å². The number of primary amides is 1. The Morgan fingerprint density at radius 3 is 2.92 bits per heavy atom. The molecule has 3 rings (SSSR count). The van der Waals surface area contributed by atoms with E-state index in [1.807, 2.05) is 38.1 Å². The van der Waals surface area contributed by atoms with Crippen LogP contribution >= 0.6 is 23.1 Å². The molecule has 3 aromatic rings. The van der Waals surface area contributed by atoms with E-state index in [9.17, 15) is 4.79 Å². The van der Waals surface area contributed by atoms with E-state index < -0.39 is 0 Å². The number of rotatable bonds is 6. The van der Waals surface area contributed by atoms with Gasteiger partial charge in [-0.3, -0.25) is 4.79 Å². The monoisotopic (exact) mass is 360 g/mol. The first-order chi connectivity index (χ1) is 11.5. The molecule has 2 aromatic heterocycles. The molecule has 2 heterocycles. The molecule has 0 radical (unpaired) electrons. The van der Waals surface area contributed by atoms with E-state index in [0.29, 0.717) is 17.5 Å². The van der Waals surface area contributed by atoms with Crippen molar-refractivity contribution in [3.05, 3.63) is 46.3 Å². The number of thioether (sulfide) groups is 1. The quantitative estimate of drug-likeness (QED) is 0.679. The Balaban J connectivity index is 1.66. The van der Waals surface area contributed by atoms with Gasteiger partial charge >= 0.3 is 0 Å². The number of carbonyl (C=O) groups is 1. The summed E-state index contributed by atoms with van der Waals surface area (Å²) in [4.78, 5) is 20.8. The molecule has 1 amide bonds. The summed E-state index contributed by atoms with van der Waals surface area (Å²) in [6.45, 7) is 3.90. The zero-order valence-electron chi connectivity index (χ0n) is 13.3. The number of hydrogen-bond acceptors (Lipinski definition) is 7. The molecule has 1 aromatic carbocycles. The molecule has 8 heteroatoms. The van der Waals surface area contributed by atoms with Gasteiger partial charge in [-0.15, -0.1) is 11.3 Å². The number of hydrogen-bond donors (Lipinski definition) is 1. The molecule has 0 saturated heterocycles. The number of nitrogens with two attached hydrogens (primary N) is 1. The van der Waals surface area contributed by atoms with Crippen molar-refractivity contribution in [2.24, 2.45) is 5.73 Å². The first-order valence-electron chi connectivity index (χ1n) is 7.28. The van der Waals surface area contributed by atoms with Gasteiger partial charge in [-0.25, -0.2) is 4.98 Å². The van der Waals surface area contributed by atoms with Crippen LogP contribution in [0.25, 0.3) is 11.4 Å². The van der Waals surface area contributed by atoms with Crippen LogP contribution in [-0.4, -0.2) is 21.0 Å². The molecule has 0 fully saturated rings. The van der Waals surface area contributed by atoms with E-state index in [4.69, 9.17) is 10.3 Å². The fraction of sp³-hybridized carbons (Fsp3) is 0.250. The van der Waals surface area contributed by atoms with E-state index in [-0.39, 0.29) is 12.3 Å². The molecule has 0 aliphatic rings. The highest BCUT2D eigenvalue weighted by atomic mass is 32.2. The minimum absolute atomic E-state index is 0.224. The van der Waals surface area contributed by atoms with Crippen LogP contribution in [0.3, 0.4) is 0 Å². The average molecular weight is 360 g/mol. The molecule has 0 spiro atoms.